The van der Waals surface area contributed by atoms with Gasteiger partial charge < -0.3 is 10.2 Å². The highest BCUT2D eigenvalue weighted by molar-refractivity contribution is 5.31. The summed E-state index contributed by atoms with van der Waals surface area (Å²) < 4.78 is 0. The van der Waals surface area contributed by atoms with E-state index < -0.39 is 0 Å². The molecule has 3 heteroatoms. The minimum Gasteiger partial charge on any atom is -0.508 e. The number of hydrogen-bond donors (Lipinski definition) is 2. The summed E-state index contributed by atoms with van der Waals surface area (Å²) in [6.45, 7) is 4.87. The lowest BCUT2D eigenvalue weighted by atomic mass is 10.1. The molecular weight excluding hydrogens is 214 g/mol. The van der Waals surface area contributed by atoms with Crippen LogP contribution in [0.15, 0.2) is 36.9 Å². The Morgan fingerprint density at radius 3 is 2.76 bits per heavy atom. The highest BCUT2D eigenvalue weighted by Gasteiger charge is 2.09. The van der Waals surface area contributed by atoms with Gasteiger partial charge >= 0.3 is 0 Å². The molecule has 0 fully saturated rings. The number of likely N-dealkylation sites (N-methyl/N-ethyl adjacent to an activating group) is 1. The molecule has 0 aromatic heterocycles. The first-order valence-corrected chi connectivity index (χ1v) is 5.88. The van der Waals surface area contributed by atoms with Gasteiger partial charge in [0, 0.05) is 18.7 Å². The molecule has 1 unspecified atom stereocenters. The van der Waals surface area contributed by atoms with Crippen molar-refractivity contribution in [3.63, 3.8) is 0 Å². The van der Waals surface area contributed by atoms with Gasteiger partial charge in [0.15, 0.2) is 0 Å². The van der Waals surface area contributed by atoms with Crippen LogP contribution in [0, 0.1) is 0 Å². The van der Waals surface area contributed by atoms with Crippen LogP contribution < -0.4 is 0 Å². The number of aromatic hydroxyl groups is 1. The lowest BCUT2D eigenvalue weighted by Crippen LogP contribution is -2.28. The van der Waals surface area contributed by atoms with Crippen LogP contribution in [0.4, 0.5) is 0 Å². The summed E-state index contributed by atoms with van der Waals surface area (Å²) >= 11 is 0. The Bertz CT molecular complexity index is 352. The van der Waals surface area contributed by atoms with Gasteiger partial charge in [-0.3, -0.25) is 4.90 Å². The van der Waals surface area contributed by atoms with E-state index in [4.69, 9.17) is 0 Å². The Morgan fingerprint density at radius 2 is 2.12 bits per heavy atom. The number of aliphatic hydroxyl groups is 1. The molecule has 3 nitrogen and oxygen atoms in total. The standard InChI is InChI=1S/C14H21NO2/c1-3-4-8-13(16)11-15(2)10-12-7-5-6-9-14(12)17/h3,5-7,9,13,16-17H,1,4,8,10-11H2,2H3. The normalized spacial score (nSPS) is 12.6. The second-order valence-corrected chi connectivity index (χ2v) is 4.35. The fourth-order valence-electron chi connectivity index (χ4n) is 1.76. The summed E-state index contributed by atoms with van der Waals surface area (Å²) in [5.41, 5.74) is 0.880. The third kappa shape index (κ3) is 5.02. The van der Waals surface area contributed by atoms with Crippen LogP contribution in [0.3, 0.4) is 0 Å². The average Bonchev–Trinajstić information content (AvgIpc) is 2.29. The highest BCUT2D eigenvalue weighted by Crippen LogP contribution is 2.17. The van der Waals surface area contributed by atoms with Gasteiger partial charge in [0.25, 0.3) is 0 Å². The molecule has 0 radical (unpaired) electrons. The van der Waals surface area contributed by atoms with Crippen molar-refractivity contribution >= 4 is 0 Å². The molecule has 1 aromatic carbocycles. The summed E-state index contributed by atoms with van der Waals surface area (Å²) in [6, 6.07) is 7.27. The van der Waals surface area contributed by atoms with Crippen LogP contribution in [0.25, 0.3) is 0 Å². The van der Waals surface area contributed by atoms with Crippen LogP contribution in [0.5, 0.6) is 5.75 Å². The highest BCUT2D eigenvalue weighted by atomic mass is 16.3. The van der Waals surface area contributed by atoms with Crippen molar-refractivity contribution in [2.24, 2.45) is 0 Å². The first-order valence-electron chi connectivity index (χ1n) is 5.88. The van der Waals surface area contributed by atoms with E-state index in [1.807, 2.05) is 30.2 Å². The number of allylic oxidation sites excluding steroid dienone is 1. The molecule has 1 rings (SSSR count). The van der Waals surface area contributed by atoms with Crippen LogP contribution in [-0.2, 0) is 6.54 Å². The van der Waals surface area contributed by atoms with Gasteiger partial charge in [-0.2, -0.15) is 0 Å². The Kier molecular flexibility index (Phi) is 5.73. The molecule has 0 bridgehead atoms. The summed E-state index contributed by atoms with van der Waals surface area (Å²) in [5.74, 6) is 0.305. The lowest BCUT2D eigenvalue weighted by Gasteiger charge is -2.20. The van der Waals surface area contributed by atoms with Crippen molar-refractivity contribution < 1.29 is 10.2 Å². The third-order valence-electron chi connectivity index (χ3n) is 2.66. The number of phenols is 1. The summed E-state index contributed by atoms with van der Waals surface area (Å²) in [4.78, 5) is 2.00. The molecule has 0 saturated carbocycles. The van der Waals surface area contributed by atoms with E-state index in [1.54, 1.807) is 12.1 Å². The molecule has 0 aliphatic heterocycles. The van der Waals surface area contributed by atoms with E-state index in [0.717, 1.165) is 18.4 Å². The van der Waals surface area contributed by atoms with Crippen molar-refractivity contribution in [1.29, 1.82) is 0 Å². The van der Waals surface area contributed by atoms with E-state index in [2.05, 4.69) is 6.58 Å². The molecule has 0 spiro atoms. The maximum Gasteiger partial charge on any atom is 0.120 e. The number of para-hydroxylation sites is 1. The zero-order valence-corrected chi connectivity index (χ0v) is 10.3. The fourth-order valence-corrected chi connectivity index (χ4v) is 1.76. The number of phenolic OH excluding ortho intramolecular Hbond substituents is 1. The minimum atomic E-state index is -0.344. The first kappa shape index (κ1) is 13.7. The minimum absolute atomic E-state index is 0.305. The number of hydrogen-bond acceptors (Lipinski definition) is 3. The second kappa shape index (κ2) is 7.09. The first-order chi connectivity index (χ1) is 8.13. The molecule has 0 aliphatic rings. The SMILES string of the molecule is C=CCCC(O)CN(C)Cc1ccccc1O. The number of aliphatic hydroxyl groups excluding tert-OH is 1. The largest absolute Gasteiger partial charge is 0.508 e. The topological polar surface area (TPSA) is 43.7 Å². The Morgan fingerprint density at radius 1 is 1.41 bits per heavy atom. The van der Waals surface area contributed by atoms with Crippen molar-refractivity contribution in [3.8, 4) is 5.75 Å². The maximum atomic E-state index is 9.75. The van der Waals surface area contributed by atoms with Crippen LogP contribution in [0.1, 0.15) is 18.4 Å². The van der Waals surface area contributed by atoms with Crippen LogP contribution in [0.2, 0.25) is 0 Å². The van der Waals surface area contributed by atoms with E-state index in [-0.39, 0.29) is 6.10 Å². The zero-order chi connectivity index (χ0) is 12.7. The van der Waals surface area contributed by atoms with Crippen molar-refractivity contribution in [3.05, 3.63) is 42.5 Å². The van der Waals surface area contributed by atoms with Gasteiger partial charge in [-0.1, -0.05) is 24.3 Å². The molecule has 1 aromatic rings. The van der Waals surface area contributed by atoms with Gasteiger partial charge in [-0.05, 0) is 26.0 Å². The molecule has 2 N–H and O–H groups in total. The van der Waals surface area contributed by atoms with E-state index in [9.17, 15) is 10.2 Å². The molecule has 1 atom stereocenters. The Balaban J connectivity index is 2.41. The predicted octanol–water partition coefficient (Wildman–Crippen LogP) is 2.15. The molecule has 94 valence electrons. The van der Waals surface area contributed by atoms with Crippen LogP contribution >= 0.6 is 0 Å². The molecular formula is C14H21NO2. The molecule has 0 amide bonds. The fraction of sp³-hybridized carbons (Fsp3) is 0.429. The molecule has 0 aliphatic carbocycles. The number of nitrogens with zero attached hydrogens (tertiary/aromatic N) is 1. The Labute approximate surface area is 103 Å². The monoisotopic (exact) mass is 235 g/mol. The predicted molar refractivity (Wildman–Crippen MR) is 69.9 cm³/mol. The maximum absolute atomic E-state index is 9.75. The number of rotatable bonds is 7. The van der Waals surface area contributed by atoms with Crippen LogP contribution in [-0.4, -0.2) is 34.8 Å². The van der Waals surface area contributed by atoms with E-state index in [1.165, 1.54) is 0 Å². The molecule has 0 saturated heterocycles. The summed E-state index contributed by atoms with van der Waals surface area (Å²) in [5, 5.41) is 19.4. The van der Waals surface area contributed by atoms with Crippen molar-refractivity contribution in [2.75, 3.05) is 13.6 Å². The quantitative estimate of drug-likeness (QED) is 0.712. The number of benzene rings is 1. The molecule has 0 heterocycles. The smallest absolute Gasteiger partial charge is 0.120 e. The summed E-state index contributed by atoms with van der Waals surface area (Å²) in [7, 11) is 1.93. The van der Waals surface area contributed by atoms with Gasteiger partial charge in [0.1, 0.15) is 5.75 Å². The van der Waals surface area contributed by atoms with Gasteiger partial charge in [-0.25, -0.2) is 0 Å². The molecule has 17 heavy (non-hydrogen) atoms. The van der Waals surface area contributed by atoms with Crippen molar-refractivity contribution in [1.82, 2.24) is 4.90 Å². The third-order valence-corrected chi connectivity index (χ3v) is 2.66. The van der Waals surface area contributed by atoms with E-state index >= 15 is 0 Å². The second-order valence-electron chi connectivity index (χ2n) is 4.35. The summed E-state index contributed by atoms with van der Waals surface area (Å²) in [6.07, 6.45) is 3.02. The lowest BCUT2D eigenvalue weighted by molar-refractivity contribution is 0.115. The Hall–Kier alpha value is -1.32. The van der Waals surface area contributed by atoms with E-state index in [0.29, 0.717) is 18.8 Å². The van der Waals surface area contributed by atoms with Gasteiger partial charge in [0.2, 0.25) is 0 Å². The average molecular weight is 235 g/mol. The van der Waals surface area contributed by atoms with Gasteiger partial charge in [-0.15, -0.1) is 6.58 Å². The van der Waals surface area contributed by atoms with Crippen molar-refractivity contribution in [2.45, 2.75) is 25.5 Å². The zero-order valence-electron chi connectivity index (χ0n) is 10.3. The van der Waals surface area contributed by atoms with Gasteiger partial charge in [0.05, 0.1) is 6.10 Å².